The van der Waals surface area contributed by atoms with Crippen LogP contribution in [0.5, 0.6) is 0 Å². The fraction of sp³-hybridized carbons (Fsp3) is 0.286. The summed E-state index contributed by atoms with van der Waals surface area (Å²) < 4.78 is 0. The summed E-state index contributed by atoms with van der Waals surface area (Å²) >= 11 is 1.22. The highest BCUT2D eigenvalue weighted by atomic mass is 32.1. The van der Waals surface area contributed by atoms with Crippen LogP contribution in [0.4, 0.5) is 5.13 Å². The van der Waals surface area contributed by atoms with Crippen LogP contribution in [0.2, 0.25) is 0 Å². The number of carbonyl (C=O) groups is 1. The number of nitrogens with one attached hydrogen (secondary N) is 1. The maximum absolute atomic E-state index is 12.1. The Balaban J connectivity index is 2.10. The number of anilines is 1. The second-order valence-corrected chi connectivity index (χ2v) is 5.60. The molecule has 1 amide bonds. The summed E-state index contributed by atoms with van der Waals surface area (Å²) in [5.41, 5.74) is 8.56. The van der Waals surface area contributed by atoms with Crippen LogP contribution in [0.3, 0.4) is 0 Å². The SMILES string of the molecule is Cc1ccc([C@H](C)NC(=O)c2sc(N)nc2C)cc1. The van der Waals surface area contributed by atoms with Crippen molar-refractivity contribution < 1.29 is 4.79 Å². The van der Waals surface area contributed by atoms with E-state index in [9.17, 15) is 4.79 Å². The molecule has 0 saturated heterocycles. The number of hydrogen-bond donors (Lipinski definition) is 2. The van der Waals surface area contributed by atoms with Crippen molar-refractivity contribution in [1.82, 2.24) is 10.3 Å². The number of amides is 1. The van der Waals surface area contributed by atoms with E-state index in [2.05, 4.69) is 10.3 Å². The van der Waals surface area contributed by atoms with Crippen LogP contribution in [0.1, 0.15) is 39.5 Å². The molecule has 0 fully saturated rings. The molecule has 0 aliphatic heterocycles. The molecule has 0 aliphatic carbocycles. The average Bonchev–Trinajstić information content (AvgIpc) is 2.69. The van der Waals surface area contributed by atoms with Gasteiger partial charge in [-0.2, -0.15) is 0 Å². The molecule has 0 saturated carbocycles. The molecule has 100 valence electrons. The largest absolute Gasteiger partial charge is 0.375 e. The van der Waals surface area contributed by atoms with Gasteiger partial charge in [0.05, 0.1) is 11.7 Å². The third-order valence-electron chi connectivity index (χ3n) is 2.94. The van der Waals surface area contributed by atoms with E-state index >= 15 is 0 Å². The van der Waals surface area contributed by atoms with Gasteiger partial charge in [-0.15, -0.1) is 0 Å². The van der Waals surface area contributed by atoms with Gasteiger partial charge in [0.15, 0.2) is 5.13 Å². The smallest absolute Gasteiger partial charge is 0.263 e. The van der Waals surface area contributed by atoms with Crippen molar-refractivity contribution in [3.8, 4) is 0 Å². The molecule has 0 radical (unpaired) electrons. The van der Waals surface area contributed by atoms with Gasteiger partial charge < -0.3 is 11.1 Å². The topological polar surface area (TPSA) is 68.0 Å². The molecular formula is C14H17N3OS. The van der Waals surface area contributed by atoms with E-state index in [1.165, 1.54) is 16.9 Å². The molecule has 5 heteroatoms. The first kappa shape index (κ1) is 13.5. The Labute approximate surface area is 116 Å². The van der Waals surface area contributed by atoms with Crippen LogP contribution in [0.15, 0.2) is 24.3 Å². The zero-order chi connectivity index (χ0) is 14.0. The normalized spacial score (nSPS) is 12.2. The molecule has 0 spiro atoms. The van der Waals surface area contributed by atoms with Crippen LogP contribution in [0.25, 0.3) is 0 Å². The minimum atomic E-state index is -0.125. The van der Waals surface area contributed by atoms with E-state index < -0.39 is 0 Å². The van der Waals surface area contributed by atoms with Crippen LogP contribution in [-0.2, 0) is 0 Å². The number of rotatable bonds is 3. The molecule has 4 nitrogen and oxygen atoms in total. The van der Waals surface area contributed by atoms with Gasteiger partial charge in [-0.05, 0) is 26.3 Å². The van der Waals surface area contributed by atoms with Gasteiger partial charge in [0.1, 0.15) is 4.88 Å². The molecule has 0 bridgehead atoms. The van der Waals surface area contributed by atoms with E-state index in [1.807, 2.05) is 38.1 Å². The molecule has 1 heterocycles. The number of nitrogens with two attached hydrogens (primary N) is 1. The second-order valence-electron chi connectivity index (χ2n) is 4.57. The van der Waals surface area contributed by atoms with Gasteiger partial charge in [0.2, 0.25) is 0 Å². The maximum atomic E-state index is 12.1. The summed E-state index contributed by atoms with van der Waals surface area (Å²) in [7, 11) is 0. The first-order valence-electron chi connectivity index (χ1n) is 6.07. The van der Waals surface area contributed by atoms with Crippen molar-refractivity contribution in [2.24, 2.45) is 0 Å². The summed E-state index contributed by atoms with van der Waals surface area (Å²) in [5, 5.41) is 3.38. The number of nitrogens with zero attached hydrogens (tertiary/aromatic N) is 1. The van der Waals surface area contributed by atoms with Crippen molar-refractivity contribution >= 4 is 22.4 Å². The Bertz CT molecular complexity index is 589. The number of aromatic nitrogens is 1. The van der Waals surface area contributed by atoms with Crippen LogP contribution >= 0.6 is 11.3 Å². The number of hydrogen-bond acceptors (Lipinski definition) is 4. The van der Waals surface area contributed by atoms with Gasteiger partial charge in [0, 0.05) is 0 Å². The molecule has 2 rings (SSSR count). The highest BCUT2D eigenvalue weighted by molar-refractivity contribution is 7.17. The monoisotopic (exact) mass is 275 g/mol. The maximum Gasteiger partial charge on any atom is 0.263 e. The van der Waals surface area contributed by atoms with Crippen molar-refractivity contribution in [2.45, 2.75) is 26.8 Å². The molecule has 1 aromatic carbocycles. The highest BCUT2D eigenvalue weighted by Crippen LogP contribution is 2.21. The van der Waals surface area contributed by atoms with E-state index in [0.29, 0.717) is 15.7 Å². The number of carbonyl (C=O) groups excluding carboxylic acids is 1. The quantitative estimate of drug-likeness (QED) is 0.905. The van der Waals surface area contributed by atoms with E-state index in [1.54, 1.807) is 6.92 Å². The molecule has 0 unspecified atom stereocenters. The lowest BCUT2D eigenvalue weighted by molar-refractivity contribution is 0.0943. The number of aryl methyl sites for hydroxylation is 2. The van der Waals surface area contributed by atoms with Crippen molar-refractivity contribution in [3.05, 3.63) is 46.0 Å². The Morgan fingerprint density at radius 2 is 1.95 bits per heavy atom. The van der Waals surface area contributed by atoms with E-state index in [4.69, 9.17) is 5.73 Å². The summed E-state index contributed by atoms with van der Waals surface area (Å²) in [6, 6.07) is 8.07. The number of nitrogen functional groups attached to an aromatic ring is 1. The number of thiazole rings is 1. The van der Waals surface area contributed by atoms with Gasteiger partial charge >= 0.3 is 0 Å². The van der Waals surface area contributed by atoms with Gasteiger partial charge in [-0.1, -0.05) is 41.2 Å². The first-order valence-corrected chi connectivity index (χ1v) is 6.89. The molecule has 0 aliphatic rings. The summed E-state index contributed by atoms with van der Waals surface area (Å²) in [6.07, 6.45) is 0. The molecule has 3 N–H and O–H groups in total. The van der Waals surface area contributed by atoms with Crippen molar-refractivity contribution in [3.63, 3.8) is 0 Å². The van der Waals surface area contributed by atoms with Gasteiger partial charge in [-0.25, -0.2) is 4.98 Å². The number of benzene rings is 1. The predicted molar refractivity (Wildman–Crippen MR) is 78.3 cm³/mol. The fourth-order valence-corrected chi connectivity index (χ4v) is 2.57. The minimum Gasteiger partial charge on any atom is -0.375 e. The standard InChI is InChI=1S/C14H17N3OS/c1-8-4-6-11(7-5-8)9(2)16-13(18)12-10(3)17-14(15)19-12/h4-7,9H,1-3H3,(H2,15,17)(H,16,18)/t9-/m0/s1. The fourth-order valence-electron chi connectivity index (χ4n) is 1.83. The third-order valence-corrected chi connectivity index (χ3v) is 3.93. The van der Waals surface area contributed by atoms with Crippen molar-refractivity contribution in [1.29, 1.82) is 0 Å². The van der Waals surface area contributed by atoms with Crippen LogP contribution in [-0.4, -0.2) is 10.9 Å². The highest BCUT2D eigenvalue weighted by Gasteiger charge is 2.16. The lowest BCUT2D eigenvalue weighted by Crippen LogP contribution is -2.26. The Kier molecular flexibility index (Phi) is 3.85. The van der Waals surface area contributed by atoms with Crippen molar-refractivity contribution in [2.75, 3.05) is 5.73 Å². The zero-order valence-electron chi connectivity index (χ0n) is 11.2. The Morgan fingerprint density at radius 3 is 2.47 bits per heavy atom. The minimum absolute atomic E-state index is 0.0455. The summed E-state index contributed by atoms with van der Waals surface area (Å²) in [4.78, 5) is 16.8. The third kappa shape index (κ3) is 3.12. The molecule has 2 aromatic rings. The molecule has 1 atom stereocenters. The van der Waals surface area contributed by atoms with Gasteiger partial charge in [-0.3, -0.25) is 4.79 Å². The van der Waals surface area contributed by atoms with Gasteiger partial charge in [0.25, 0.3) is 5.91 Å². The zero-order valence-corrected chi connectivity index (χ0v) is 12.0. The van der Waals surface area contributed by atoms with E-state index in [0.717, 1.165) is 5.56 Å². The molecule has 19 heavy (non-hydrogen) atoms. The Hall–Kier alpha value is -1.88. The average molecular weight is 275 g/mol. The Morgan fingerprint density at radius 1 is 1.32 bits per heavy atom. The van der Waals surface area contributed by atoms with Crippen LogP contribution in [0, 0.1) is 13.8 Å². The van der Waals surface area contributed by atoms with E-state index in [-0.39, 0.29) is 11.9 Å². The lowest BCUT2D eigenvalue weighted by atomic mass is 10.1. The first-order chi connectivity index (χ1) is 8.97. The van der Waals surface area contributed by atoms with Crippen LogP contribution < -0.4 is 11.1 Å². The summed E-state index contributed by atoms with van der Waals surface area (Å²) in [6.45, 7) is 5.79. The molecular weight excluding hydrogens is 258 g/mol. The predicted octanol–water partition coefficient (Wildman–Crippen LogP) is 2.83. The second kappa shape index (κ2) is 5.40. The molecule has 1 aromatic heterocycles. The lowest BCUT2D eigenvalue weighted by Gasteiger charge is -2.14. The summed E-state index contributed by atoms with van der Waals surface area (Å²) in [5.74, 6) is -0.125.